The summed E-state index contributed by atoms with van der Waals surface area (Å²) in [6.45, 7) is 4.53. The molecule has 0 aliphatic heterocycles. The van der Waals surface area contributed by atoms with Crippen LogP contribution in [0, 0.1) is 0 Å². The Balaban J connectivity index is 0. The highest BCUT2D eigenvalue weighted by molar-refractivity contribution is 5.69. The number of esters is 1. The van der Waals surface area contributed by atoms with Crippen LogP contribution in [0.5, 0.6) is 0 Å². The minimum Gasteiger partial charge on any atom is -0.481 e. The third-order valence-corrected chi connectivity index (χ3v) is 7.77. The number of carbonyl (C=O) groups is 2. The van der Waals surface area contributed by atoms with E-state index in [1.165, 1.54) is 155 Å². The number of hydrogen-bond donors (Lipinski definition) is 1. The van der Waals surface area contributed by atoms with Gasteiger partial charge in [-0.2, -0.15) is 0 Å². The Morgan fingerprint density at radius 3 is 1.05 bits per heavy atom. The van der Waals surface area contributed by atoms with Crippen LogP contribution in [0.15, 0.2) is 24.3 Å². The maximum Gasteiger partial charge on any atom is 0.305 e. The summed E-state index contributed by atoms with van der Waals surface area (Å²) in [4.78, 5) is 21.3. The fourth-order valence-electron chi connectivity index (χ4n) is 4.97. The molecule has 0 spiro atoms. The van der Waals surface area contributed by atoms with Crippen molar-refractivity contribution in [1.29, 1.82) is 0 Å². The van der Waals surface area contributed by atoms with Gasteiger partial charge < -0.3 is 9.84 Å². The van der Waals surface area contributed by atoms with Gasteiger partial charge in [-0.1, -0.05) is 147 Å². The molecule has 42 heavy (non-hydrogen) atoms. The third-order valence-electron chi connectivity index (χ3n) is 7.77. The second-order valence-corrected chi connectivity index (χ2v) is 12.0. The molecule has 0 amide bonds. The molecule has 0 aromatic carbocycles. The molecule has 0 rings (SSSR count). The van der Waals surface area contributed by atoms with Crippen molar-refractivity contribution in [2.45, 2.75) is 200 Å². The van der Waals surface area contributed by atoms with E-state index in [9.17, 15) is 9.59 Å². The number of carboxylic acid groups (broad SMARTS) is 1. The summed E-state index contributed by atoms with van der Waals surface area (Å²) < 4.78 is 4.62. The highest BCUT2D eigenvalue weighted by atomic mass is 16.5. The van der Waals surface area contributed by atoms with E-state index in [4.69, 9.17) is 5.11 Å². The zero-order valence-electron chi connectivity index (χ0n) is 28.5. The van der Waals surface area contributed by atoms with E-state index in [0.717, 1.165) is 25.7 Å². The van der Waals surface area contributed by atoms with Crippen LogP contribution in [0.1, 0.15) is 200 Å². The van der Waals surface area contributed by atoms with Crippen LogP contribution in [0.2, 0.25) is 0 Å². The molecule has 4 nitrogen and oxygen atoms in total. The monoisotopic (exact) mass is 593 g/mol. The Hall–Kier alpha value is -1.58. The standard InChI is InChI=1S/2C19H36O2/c1-3-4-5-6-7-8-9-10-11-12-13-14-15-16-17-18-19(20)21-2;1-2-3-4-5-6-7-8-9-10-11-12-13-14-15-16-17-18-19(20)21/h10-11H,3-9,12-18H2,1-2H3;10-11H,2-9,12-18H2,1H3,(H,20,21)/b2*11-10-. The number of hydrogen-bond acceptors (Lipinski definition) is 3. The van der Waals surface area contributed by atoms with Crippen LogP contribution >= 0.6 is 0 Å². The van der Waals surface area contributed by atoms with Gasteiger partial charge in [-0.05, 0) is 64.2 Å². The van der Waals surface area contributed by atoms with Gasteiger partial charge in [0.2, 0.25) is 0 Å². The van der Waals surface area contributed by atoms with Crippen LogP contribution in [-0.4, -0.2) is 24.2 Å². The van der Waals surface area contributed by atoms with E-state index >= 15 is 0 Å². The number of allylic oxidation sites excluding steroid dienone is 4. The molecule has 0 saturated carbocycles. The van der Waals surface area contributed by atoms with Gasteiger partial charge in [-0.3, -0.25) is 9.59 Å². The third kappa shape index (κ3) is 42.9. The molecule has 0 aromatic heterocycles. The maximum atomic E-state index is 10.9. The first-order valence-corrected chi connectivity index (χ1v) is 18.2. The van der Waals surface area contributed by atoms with Gasteiger partial charge >= 0.3 is 11.9 Å². The van der Waals surface area contributed by atoms with Crippen molar-refractivity contribution in [1.82, 2.24) is 0 Å². The lowest BCUT2D eigenvalue weighted by atomic mass is 10.1. The molecule has 0 bridgehead atoms. The molecular weight excluding hydrogens is 520 g/mol. The fraction of sp³-hybridized carbons (Fsp3) is 0.842. The highest BCUT2D eigenvalue weighted by Crippen LogP contribution is 2.12. The predicted octanol–water partition coefficient (Wildman–Crippen LogP) is 12.7. The van der Waals surface area contributed by atoms with Gasteiger partial charge in [0.15, 0.2) is 0 Å². The lowest BCUT2D eigenvalue weighted by molar-refractivity contribution is -0.141. The second kappa shape index (κ2) is 39.4. The number of carbonyl (C=O) groups excluding carboxylic acids is 1. The second-order valence-electron chi connectivity index (χ2n) is 12.0. The quantitative estimate of drug-likeness (QED) is 0.0494. The first-order valence-electron chi connectivity index (χ1n) is 18.2. The normalized spacial score (nSPS) is 11.2. The predicted molar refractivity (Wildman–Crippen MR) is 183 cm³/mol. The highest BCUT2D eigenvalue weighted by Gasteiger charge is 1.99. The van der Waals surface area contributed by atoms with E-state index in [1.54, 1.807) is 0 Å². The zero-order valence-corrected chi connectivity index (χ0v) is 28.5. The Morgan fingerprint density at radius 2 is 0.738 bits per heavy atom. The van der Waals surface area contributed by atoms with Crippen LogP contribution in [0.4, 0.5) is 0 Å². The average molecular weight is 593 g/mol. The summed E-state index contributed by atoms with van der Waals surface area (Å²) in [5.41, 5.74) is 0. The molecule has 0 saturated heterocycles. The summed E-state index contributed by atoms with van der Waals surface area (Å²) in [6, 6.07) is 0. The van der Waals surface area contributed by atoms with E-state index in [1.807, 2.05) is 0 Å². The summed E-state index contributed by atoms with van der Waals surface area (Å²) >= 11 is 0. The van der Waals surface area contributed by atoms with E-state index < -0.39 is 5.97 Å². The SMILES string of the molecule is CCCCCCCC/C=C\CCCCCCCC(=O)OC.CCCCCCCCC/C=C\CCCCCCCC(=O)O. The van der Waals surface area contributed by atoms with Crippen LogP contribution in [0.25, 0.3) is 0 Å². The van der Waals surface area contributed by atoms with Gasteiger partial charge in [0.05, 0.1) is 7.11 Å². The number of ether oxygens (including phenoxy) is 1. The van der Waals surface area contributed by atoms with E-state index in [2.05, 4.69) is 42.9 Å². The minimum absolute atomic E-state index is 0.0763. The molecule has 0 heterocycles. The molecule has 0 aliphatic rings. The van der Waals surface area contributed by atoms with Gasteiger partial charge in [0, 0.05) is 12.8 Å². The van der Waals surface area contributed by atoms with Crippen LogP contribution < -0.4 is 0 Å². The van der Waals surface area contributed by atoms with Crippen molar-refractivity contribution in [3.8, 4) is 0 Å². The molecule has 0 aromatic rings. The Morgan fingerprint density at radius 1 is 0.452 bits per heavy atom. The summed E-state index contributed by atoms with van der Waals surface area (Å²) in [5, 5.41) is 8.52. The van der Waals surface area contributed by atoms with Gasteiger partial charge in [0.25, 0.3) is 0 Å². The lowest BCUT2D eigenvalue weighted by Crippen LogP contribution is -1.98. The van der Waals surface area contributed by atoms with Crippen molar-refractivity contribution in [3.05, 3.63) is 24.3 Å². The van der Waals surface area contributed by atoms with Crippen molar-refractivity contribution < 1.29 is 19.4 Å². The van der Waals surface area contributed by atoms with Crippen molar-refractivity contribution in [3.63, 3.8) is 0 Å². The van der Waals surface area contributed by atoms with Crippen LogP contribution in [-0.2, 0) is 14.3 Å². The number of carboxylic acids is 1. The topological polar surface area (TPSA) is 63.6 Å². The molecule has 0 atom stereocenters. The molecule has 0 fully saturated rings. The zero-order chi connectivity index (χ0) is 31.2. The Kier molecular flexibility index (Phi) is 39.9. The molecule has 0 radical (unpaired) electrons. The number of unbranched alkanes of at least 4 members (excludes halogenated alkanes) is 23. The van der Waals surface area contributed by atoms with Gasteiger partial charge in [0.1, 0.15) is 0 Å². The summed E-state index contributed by atoms with van der Waals surface area (Å²) in [6.07, 6.45) is 44.7. The summed E-state index contributed by atoms with van der Waals surface area (Å²) in [7, 11) is 1.46. The number of rotatable bonds is 31. The first kappa shape index (κ1) is 42.6. The molecule has 4 heteroatoms. The van der Waals surface area contributed by atoms with E-state index in [-0.39, 0.29) is 5.97 Å². The lowest BCUT2D eigenvalue weighted by Gasteiger charge is -2.00. The Bertz CT molecular complexity index is 596. The molecule has 1 N–H and O–H groups in total. The number of aliphatic carboxylic acids is 1. The largest absolute Gasteiger partial charge is 0.481 e. The minimum atomic E-state index is -0.664. The van der Waals surface area contributed by atoms with Crippen molar-refractivity contribution in [2.24, 2.45) is 0 Å². The first-order chi connectivity index (χ1) is 20.6. The average Bonchev–Trinajstić information content (AvgIpc) is 2.99. The molecule has 0 aliphatic carbocycles. The molecule has 0 unspecified atom stereocenters. The van der Waals surface area contributed by atoms with Gasteiger partial charge in [-0.15, -0.1) is 0 Å². The summed E-state index contributed by atoms with van der Waals surface area (Å²) in [5.74, 6) is -0.740. The Labute approximate surface area is 262 Å². The fourth-order valence-corrected chi connectivity index (χ4v) is 4.97. The maximum absolute atomic E-state index is 10.9. The smallest absolute Gasteiger partial charge is 0.305 e. The van der Waals surface area contributed by atoms with E-state index in [0.29, 0.717) is 12.8 Å². The van der Waals surface area contributed by atoms with Gasteiger partial charge in [-0.25, -0.2) is 0 Å². The molecule has 248 valence electrons. The van der Waals surface area contributed by atoms with Crippen molar-refractivity contribution in [2.75, 3.05) is 7.11 Å². The van der Waals surface area contributed by atoms with Crippen LogP contribution in [0.3, 0.4) is 0 Å². The number of methoxy groups -OCH3 is 1. The van der Waals surface area contributed by atoms with Crippen molar-refractivity contribution >= 4 is 11.9 Å². The molecular formula is C38H72O4.